The molecule has 0 bridgehead atoms. The first kappa shape index (κ1) is 24.5. The highest BCUT2D eigenvalue weighted by atomic mass is 16.5. The lowest BCUT2D eigenvalue weighted by Gasteiger charge is -2.12. The molecule has 1 aromatic heterocycles. The van der Waals surface area contributed by atoms with Crippen molar-refractivity contribution in [1.82, 2.24) is 0 Å². The molecule has 0 saturated carbocycles. The number of nitrogens with one attached hydrogen (secondary N) is 2. The predicted molar refractivity (Wildman–Crippen MR) is 136 cm³/mol. The summed E-state index contributed by atoms with van der Waals surface area (Å²) in [6, 6.07) is 17.3. The quantitative estimate of drug-likeness (QED) is 0.344. The molecule has 3 aromatic carbocycles. The average molecular weight is 491 g/mol. The molecule has 0 unspecified atom stereocenters. The second-order valence-corrected chi connectivity index (χ2v) is 7.74. The lowest BCUT2D eigenvalue weighted by molar-refractivity contribution is -0.115. The summed E-state index contributed by atoms with van der Waals surface area (Å²) in [5.41, 5.74) is 1.88. The Morgan fingerprint density at radius 1 is 0.778 bits per heavy atom. The van der Waals surface area contributed by atoms with Crippen LogP contribution in [0.5, 0.6) is 23.0 Å². The Bertz CT molecular complexity index is 1410. The first-order valence-corrected chi connectivity index (χ1v) is 11.0. The number of methoxy groups -OCH3 is 4. The van der Waals surface area contributed by atoms with E-state index in [1.807, 2.05) is 0 Å². The number of benzene rings is 3. The number of ether oxygens (including phenoxy) is 4. The van der Waals surface area contributed by atoms with Gasteiger partial charge in [-0.3, -0.25) is 9.59 Å². The minimum absolute atomic E-state index is 0.0327. The summed E-state index contributed by atoms with van der Waals surface area (Å²) in [6.07, 6.45) is 0.0488. The summed E-state index contributed by atoms with van der Waals surface area (Å²) >= 11 is 0. The minimum atomic E-state index is -0.545. The molecule has 0 aliphatic carbocycles. The monoisotopic (exact) mass is 490 g/mol. The van der Waals surface area contributed by atoms with Crippen LogP contribution in [0.3, 0.4) is 0 Å². The van der Waals surface area contributed by atoms with Gasteiger partial charge in [0, 0.05) is 11.5 Å². The first-order chi connectivity index (χ1) is 17.5. The van der Waals surface area contributed by atoms with E-state index in [4.69, 9.17) is 23.4 Å². The van der Waals surface area contributed by atoms with Gasteiger partial charge in [-0.25, -0.2) is 0 Å². The van der Waals surface area contributed by atoms with E-state index >= 15 is 0 Å². The molecular formula is C27H26N2O7. The summed E-state index contributed by atoms with van der Waals surface area (Å²) in [6.45, 7) is 0. The number of furan rings is 1. The fourth-order valence-electron chi connectivity index (χ4n) is 3.77. The number of para-hydroxylation sites is 1. The van der Waals surface area contributed by atoms with Gasteiger partial charge < -0.3 is 34.0 Å². The molecule has 36 heavy (non-hydrogen) atoms. The Kier molecular flexibility index (Phi) is 7.29. The molecule has 4 aromatic rings. The maximum absolute atomic E-state index is 13.2. The van der Waals surface area contributed by atoms with E-state index in [2.05, 4.69) is 10.6 Å². The Balaban J connectivity index is 1.61. The normalized spacial score (nSPS) is 10.6. The van der Waals surface area contributed by atoms with Crippen molar-refractivity contribution in [1.29, 1.82) is 0 Å². The van der Waals surface area contributed by atoms with E-state index in [9.17, 15) is 9.59 Å². The van der Waals surface area contributed by atoms with E-state index < -0.39 is 5.91 Å². The van der Waals surface area contributed by atoms with Crippen LogP contribution in [0.1, 0.15) is 16.1 Å². The molecule has 9 heteroatoms. The summed E-state index contributed by atoms with van der Waals surface area (Å²) in [7, 11) is 6.11. The number of hydrogen-bond acceptors (Lipinski definition) is 7. The van der Waals surface area contributed by atoms with Crippen LogP contribution in [-0.2, 0) is 11.2 Å². The van der Waals surface area contributed by atoms with Crippen LogP contribution in [0.4, 0.5) is 11.4 Å². The molecule has 0 aliphatic heterocycles. The Morgan fingerprint density at radius 3 is 2.25 bits per heavy atom. The zero-order chi connectivity index (χ0) is 25.7. The lowest BCUT2D eigenvalue weighted by Crippen LogP contribution is -2.18. The molecule has 0 aliphatic rings. The maximum Gasteiger partial charge on any atom is 0.293 e. The van der Waals surface area contributed by atoms with Crippen molar-refractivity contribution < 1.29 is 33.0 Å². The van der Waals surface area contributed by atoms with E-state index in [-0.39, 0.29) is 23.8 Å². The van der Waals surface area contributed by atoms with E-state index in [0.717, 1.165) is 0 Å². The molecule has 4 rings (SSSR count). The van der Waals surface area contributed by atoms with E-state index in [1.165, 1.54) is 14.2 Å². The molecule has 186 valence electrons. The number of carbonyl (C=O) groups is 2. The Morgan fingerprint density at radius 2 is 1.53 bits per heavy atom. The van der Waals surface area contributed by atoms with Gasteiger partial charge in [0.1, 0.15) is 22.8 Å². The Hall–Kier alpha value is -4.66. The minimum Gasteiger partial charge on any atom is -0.497 e. The van der Waals surface area contributed by atoms with Gasteiger partial charge in [0.25, 0.3) is 5.91 Å². The van der Waals surface area contributed by atoms with Crippen molar-refractivity contribution in [3.05, 3.63) is 72.0 Å². The Labute approximate surface area is 207 Å². The fourth-order valence-corrected chi connectivity index (χ4v) is 3.77. The standard InChI is InChI=1S/C27H26N2O7/c1-32-17-10-11-19(22(15-17)34-3)28-27(31)26-25(18-7-5-6-8-20(18)36-26)29-24(30)14-16-9-12-21(33-2)23(13-16)35-4/h5-13,15H,14H2,1-4H3,(H,28,31)(H,29,30). The molecule has 0 spiro atoms. The van der Waals surface area contributed by atoms with Crippen LogP contribution in [0.2, 0.25) is 0 Å². The van der Waals surface area contributed by atoms with Gasteiger partial charge in [-0.15, -0.1) is 0 Å². The van der Waals surface area contributed by atoms with E-state index in [0.29, 0.717) is 45.2 Å². The van der Waals surface area contributed by atoms with Crippen molar-refractivity contribution in [2.75, 3.05) is 39.1 Å². The predicted octanol–water partition coefficient (Wildman–Crippen LogP) is 4.90. The topological polar surface area (TPSA) is 108 Å². The molecule has 2 amide bonds. The van der Waals surface area contributed by atoms with Gasteiger partial charge in [0.2, 0.25) is 11.7 Å². The highest BCUT2D eigenvalue weighted by molar-refractivity contribution is 6.15. The molecule has 2 N–H and O–H groups in total. The van der Waals surface area contributed by atoms with Gasteiger partial charge in [-0.1, -0.05) is 18.2 Å². The van der Waals surface area contributed by atoms with Crippen LogP contribution in [0.25, 0.3) is 11.0 Å². The van der Waals surface area contributed by atoms with Crippen molar-refractivity contribution >= 4 is 34.2 Å². The van der Waals surface area contributed by atoms with Gasteiger partial charge in [-0.05, 0) is 42.0 Å². The summed E-state index contributed by atoms with van der Waals surface area (Å²) in [5, 5.41) is 6.23. The average Bonchev–Trinajstić information content (AvgIpc) is 3.27. The summed E-state index contributed by atoms with van der Waals surface area (Å²) in [5.74, 6) is 1.17. The van der Waals surface area contributed by atoms with Crippen LogP contribution < -0.4 is 29.6 Å². The molecule has 9 nitrogen and oxygen atoms in total. The van der Waals surface area contributed by atoms with Gasteiger partial charge >= 0.3 is 0 Å². The number of fused-ring (bicyclic) bond motifs is 1. The fraction of sp³-hybridized carbons (Fsp3) is 0.185. The third-order valence-electron chi connectivity index (χ3n) is 5.54. The number of anilines is 2. The van der Waals surface area contributed by atoms with Crippen LogP contribution in [-0.4, -0.2) is 40.3 Å². The summed E-state index contributed by atoms with van der Waals surface area (Å²) < 4.78 is 27.0. The molecule has 0 atom stereocenters. The highest BCUT2D eigenvalue weighted by Gasteiger charge is 2.23. The SMILES string of the molecule is COc1ccc(NC(=O)c2oc3ccccc3c2NC(=O)Cc2ccc(OC)c(OC)c2)c(OC)c1. The third-order valence-corrected chi connectivity index (χ3v) is 5.54. The van der Waals surface area contributed by atoms with Crippen molar-refractivity contribution in [3.63, 3.8) is 0 Å². The number of carbonyl (C=O) groups excluding carboxylic acids is 2. The highest BCUT2D eigenvalue weighted by Crippen LogP contribution is 2.34. The largest absolute Gasteiger partial charge is 0.497 e. The van der Waals surface area contributed by atoms with Gasteiger partial charge in [-0.2, -0.15) is 0 Å². The number of hydrogen-bond donors (Lipinski definition) is 2. The molecule has 0 fully saturated rings. The van der Waals surface area contributed by atoms with Crippen LogP contribution in [0.15, 0.2) is 65.1 Å². The number of rotatable bonds is 9. The van der Waals surface area contributed by atoms with E-state index in [1.54, 1.807) is 74.9 Å². The first-order valence-electron chi connectivity index (χ1n) is 11.0. The molecule has 0 radical (unpaired) electrons. The summed E-state index contributed by atoms with van der Waals surface area (Å²) in [4.78, 5) is 26.2. The molecule has 0 saturated heterocycles. The number of amides is 2. The third kappa shape index (κ3) is 5.05. The maximum atomic E-state index is 13.2. The zero-order valence-electron chi connectivity index (χ0n) is 20.3. The van der Waals surface area contributed by atoms with Crippen LogP contribution in [0, 0.1) is 0 Å². The molecule has 1 heterocycles. The second-order valence-electron chi connectivity index (χ2n) is 7.74. The van der Waals surface area contributed by atoms with Crippen molar-refractivity contribution in [2.24, 2.45) is 0 Å². The van der Waals surface area contributed by atoms with Gasteiger partial charge in [0.05, 0.1) is 40.5 Å². The molecular weight excluding hydrogens is 464 g/mol. The van der Waals surface area contributed by atoms with Crippen molar-refractivity contribution in [3.8, 4) is 23.0 Å². The van der Waals surface area contributed by atoms with Crippen LogP contribution >= 0.6 is 0 Å². The zero-order valence-corrected chi connectivity index (χ0v) is 20.3. The van der Waals surface area contributed by atoms with Gasteiger partial charge in [0.15, 0.2) is 11.5 Å². The smallest absolute Gasteiger partial charge is 0.293 e. The second kappa shape index (κ2) is 10.7. The van der Waals surface area contributed by atoms with Crippen molar-refractivity contribution in [2.45, 2.75) is 6.42 Å². The lowest BCUT2D eigenvalue weighted by atomic mass is 10.1.